The van der Waals surface area contributed by atoms with Crippen molar-refractivity contribution >= 4 is 37.8 Å². The summed E-state index contributed by atoms with van der Waals surface area (Å²) in [7, 11) is 0. The Balaban J connectivity index is 2.42. The molecule has 104 valence electrons. The summed E-state index contributed by atoms with van der Waals surface area (Å²) in [5.74, 6) is 0.599. The summed E-state index contributed by atoms with van der Waals surface area (Å²) in [4.78, 5) is 11.5. The van der Waals surface area contributed by atoms with Crippen molar-refractivity contribution in [1.29, 1.82) is 0 Å². The highest BCUT2D eigenvalue weighted by Crippen LogP contribution is 2.32. The van der Waals surface area contributed by atoms with E-state index in [1.807, 2.05) is 26.0 Å². The van der Waals surface area contributed by atoms with Gasteiger partial charge in [-0.15, -0.1) is 0 Å². The number of rotatable bonds is 3. The van der Waals surface area contributed by atoms with Gasteiger partial charge in [0.2, 0.25) is 0 Å². The molecular weight excluding hydrogens is 386 g/mol. The molecule has 0 aliphatic carbocycles. The average Bonchev–Trinajstić information content (AvgIpc) is 2.37. The van der Waals surface area contributed by atoms with Gasteiger partial charge in [-0.05, 0) is 55.3 Å². The maximum absolute atomic E-state index is 11.5. The first-order chi connectivity index (χ1) is 9.38. The van der Waals surface area contributed by atoms with Gasteiger partial charge in [0.15, 0.2) is 0 Å². The van der Waals surface area contributed by atoms with E-state index in [9.17, 15) is 4.79 Å². The number of nitrogens with two attached hydrogens (primary N) is 1. The van der Waals surface area contributed by atoms with Crippen LogP contribution in [0, 0.1) is 13.8 Å². The second-order valence-corrected chi connectivity index (χ2v) is 6.19. The summed E-state index contributed by atoms with van der Waals surface area (Å²) in [6.07, 6.45) is 0. The fourth-order valence-electron chi connectivity index (χ4n) is 1.88. The molecule has 0 bridgehead atoms. The quantitative estimate of drug-likeness (QED) is 0.813. The molecule has 0 spiro atoms. The molecule has 20 heavy (non-hydrogen) atoms. The third kappa shape index (κ3) is 3.22. The van der Waals surface area contributed by atoms with Crippen LogP contribution in [0.15, 0.2) is 39.3 Å². The predicted octanol–water partition coefficient (Wildman–Crippen LogP) is 4.72. The molecule has 2 aromatic carbocycles. The number of hydrogen-bond donors (Lipinski definition) is 1. The average molecular weight is 399 g/mol. The van der Waals surface area contributed by atoms with Gasteiger partial charge in [-0.1, -0.05) is 31.9 Å². The van der Waals surface area contributed by atoms with Crippen LogP contribution in [0.1, 0.15) is 21.5 Å². The Kier molecular flexibility index (Phi) is 4.50. The van der Waals surface area contributed by atoms with Crippen molar-refractivity contribution in [2.24, 2.45) is 5.73 Å². The Hall–Kier alpha value is -1.33. The monoisotopic (exact) mass is 397 g/mol. The minimum atomic E-state index is -0.521. The van der Waals surface area contributed by atoms with E-state index in [1.54, 1.807) is 18.2 Å². The van der Waals surface area contributed by atoms with E-state index in [2.05, 4.69) is 31.9 Å². The van der Waals surface area contributed by atoms with Crippen molar-refractivity contribution in [2.75, 3.05) is 0 Å². The van der Waals surface area contributed by atoms with Crippen molar-refractivity contribution in [2.45, 2.75) is 13.8 Å². The Morgan fingerprint density at radius 3 is 2.25 bits per heavy atom. The summed E-state index contributed by atoms with van der Waals surface area (Å²) < 4.78 is 7.63. The van der Waals surface area contributed by atoms with Gasteiger partial charge in [-0.3, -0.25) is 4.79 Å². The van der Waals surface area contributed by atoms with Crippen LogP contribution in [-0.2, 0) is 0 Å². The number of primary amides is 1. The van der Waals surface area contributed by atoms with Crippen LogP contribution in [0.4, 0.5) is 0 Å². The lowest BCUT2D eigenvalue weighted by molar-refractivity contribution is 0.0998. The summed E-state index contributed by atoms with van der Waals surface area (Å²) in [6, 6.07) is 8.99. The predicted molar refractivity (Wildman–Crippen MR) is 86.3 cm³/mol. The van der Waals surface area contributed by atoms with Gasteiger partial charge in [-0.2, -0.15) is 0 Å². The zero-order chi connectivity index (χ0) is 14.9. The van der Waals surface area contributed by atoms with E-state index < -0.39 is 5.91 Å². The van der Waals surface area contributed by atoms with Crippen LogP contribution in [0.5, 0.6) is 11.5 Å². The normalized spacial score (nSPS) is 10.4. The molecule has 0 aliphatic heterocycles. The maximum atomic E-state index is 11.5. The molecule has 2 rings (SSSR count). The first-order valence-electron chi connectivity index (χ1n) is 5.92. The van der Waals surface area contributed by atoms with Crippen molar-refractivity contribution in [3.05, 3.63) is 56.0 Å². The topological polar surface area (TPSA) is 52.3 Å². The molecule has 0 heterocycles. The number of hydrogen-bond acceptors (Lipinski definition) is 2. The molecule has 0 atom stereocenters. The lowest BCUT2D eigenvalue weighted by Crippen LogP contribution is -2.12. The minimum Gasteiger partial charge on any atom is -0.457 e. The zero-order valence-corrected chi connectivity index (χ0v) is 14.2. The Labute approximate surface area is 134 Å². The van der Waals surface area contributed by atoms with Gasteiger partial charge in [-0.25, -0.2) is 0 Å². The van der Waals surface area contributed by atoms with E-state index in [4.69, 9.17) is 10.5 Å². The number of aryl methyl sites for hydroxylation is 2. The van der Waals surface area contributed by atoms with Gasteiger partial charge >= 0.3 is 0 Å². The molecule has 0 saturated heterocycles. The van der Waals surface area contributed by atoms with Gasteiger partial charge in [0, 0.05) is 8.95 Å². The first-order valence-corrected chi connectivity index (χ1v) is 7.51. The van der Waals surface area contributed by atoms with Crippen LogP contribution in [0.3, 0.4) is 0 Å². The first kappa shape index (κ1) is 15.1. The molecule has 0 unspecified atom stereocenters. The van der Waals surface area contributed by atoms with Crippen LogP contribution in [0.25, 0.3) is 0 Å². The highest BCUT2D eigenvalue weighted by Gasteiger charge is 2.12. The molecule has 2 N–H and O–H groups in total. The van der Waals surface area contributed by atoms with E-state index in [1.165, 1.54) is 0 Å². The number of halogens is 2. The number of benzene rings is 2. The summed E-state index contributed by atoms with van der Waals surface area (Å²) in [5.41, 5.74) is 7.85. The second kappa shape index (κ2) is 5.97. The molecule has 0 aromatic heterocycles. The fraction of sp³-hybridized carbons (Fsp3) is 0.133. The molecule has 0 fully saturated rings. The Morgan fingerprint density at radius 2 is 1.70 bits per heavy atom. The Morgan fingerprint density at radius 1 is 1.10 bits per heavy atom. The largest absolute Gasteiger partial charge is 0.457 e. The van der Waals surface area contributed by atoms with E-state index in [-0.39, 0.29) is 0 Å². The van der Waals surface area contributed by atoms with E-state index in [0.717, 1.165) is 20.1 Å². The fourth-order valence-corrected chi connectivity index (χ4v) is 2.47. The van der Waals surface area contributed by atoms with Gasteiger partial charge in [0.25, 0.3) is 5.91 Å². The standard InChI is InChI=1S/C15H13Br2NO2/c1-8-5-11(6-9(2)14(8)17)20-13-4-3-10(16)7-12(13)15(18)19/h3-7H,1-2H3,(H2,18,19). The van der Waals surface area contributed by atoms with Crippen molar-refractivity contribution in [3.8, 4) is 11.5 Å². The van der Waals surface area contributed by atoms with Crippen molar-refractivity contribution in [1.82, 2.24) is 0 Å². The molecule has 0 saturated carbocycles. The van der Waals surface area contributed by atoms with Crippen LogP contribution >= 0.6 is 31.9 Å². The van der Waals surface area contributed by atoms with E-state index >= 15 is 0 Å². The number of carbonyl (C=O) groups is 1. The summed E-state index contributed by atoms with van der Waals surface area (Å²) in [5, 5.41) is 0. The molecule has 5 heteroatoms. The highest BCUT2D eigenvalue weighted by molar-refractivity contribution is 9.10. The molecule has 1 amide bonds. The zero-order valence-electron chi connectivity index (χ0n) is 11.0. The summed E-state index contributed by atoms with van der Waals surface area (Å²) >= 11 is 6.82. The lowest BCUT2D eigenvalue weighted by atomic mass is 10.1. The summed E-state index contributed by atoms with van der Waals surface area (Å²) in [6.45, 7) is 3.97. The third-order valence-corrected chi connectivity index (χ3v) is 4.59. The molecule has 3 nitrogen and oxygen atoms in total. The van der Waals surface area contributed by atoms with Crippen molar-refractivity contribution < 1.29 is 9.53 Å². The minimum absolute atomic E-state index is 0.345. The van der Waals surface area contributed by atoms with Gasteiger partial charge in [0.05, 0.1) is 5.56 Å². The van der Waals surface area contributed by atoms with Crippen LogP contribution in [-0.4, -0.2) is 5.91 Å². The highest BCUT2D eigenvalue weighted by atomic mass is 79.9. The molecular formula is C15H13Br2NO2. The van der Waals surface area contributed by atoms with Gasteiger partial charge in [0.1, 0.15) is 11.5 Å². The van der Waals surface area contributed by atoms with Crippen molar-refractivity contribution in [3.63, 3.8) is 0 Å². The number of amides is 1. The SMILES string of the molecule is Cc1cc(Oc2ccc(Br)cc2C(N)=O)cc(C)c1Br. The van der Waals surface area contributed by atoms with Crippen LogP contribution < -0.4 is 10.5 Å². The Bertz CT molecular complexity index is 661. The smallest absolute Gasteiger partial charge is 0.252 e. The lowest BCUT2D eigenvalue weighted by Gasteiger charge is -2.12. The number of ether oxygens (including phenoxy) is 1. The number of carbonyl (C=O) groups excluding carboxylic acids is 1. The van der Waals surface area contributed by atoms with Gasteiger partial charge < -0.3 is 10.5 Å². The van der Waals surface area contributed by atoms with E-state index in [0.29, 0.717) is 17.1 Å². The molecule has 0 aliphatic rings. The third-order valence-electron chi connectivity index (χ3n) is 2.84. The van der Waals surface area contributed by atoms with Crippen LogP contribution in [0.2, 0.25) is 0 Å². The second-order valence-electron chi connectivity index (χ2n) is 4.48. The molecule has 0 radical (unpaired) electrons. The maximum Gasteiger partial charge on any atom is 0.252 e. The molecule has 2 aromatic rings.